The first-order valence-electron chi connectivity index (χ1n) is 10.7. The van der Waals surface area contributed by atoms with E-state index in [1.165, 1.54) is 32.1 Å². The zero-order valence-corrected chi connectivity index (χ0v) is 18.7. The Kier molecular flexibility index (Phi) is 6.40. The van der Waals surface area contributed by atoms with Gasteiger partial charge >= 0.3 is 0 Å². The van der Waals surface area contributed by atoms with E-state index in [4.69, 9.17) is 4.74 Å². The van der Waals surface area contributed by atoms with E-state index in [1.54, 1.807) is 11.0 Å². The Morgan fingerprint density at radius 3 is 2.65 bits per heavy atom. The number of hydrogen-bond acceptors (Lipinski definition) is 6. The quantitative estimate of drug-likeness (QED) is 0.597. The third-order valence-electron chi connectivity index (χ3n) is 5.98. The van der Waals surface area contributed by atoms with Crippen LogP contribution in [0.15, 0.2) is 23.1 Å². The van der Waals surface area contributed by atoms with E-state index >= 15 is 0 Å². The molecule has 0 radical (unpaired) electrons. The normalized spacial score (nSPS) is 17.8. The van der Waals surface area contributed by atoms with Crippen LogP contribution in [0.3, 0.4) is 0 Å². The summed E-state index contributed by atoms with van der Waals surface area (Å²) in [5.74, 6) is 2.48. The van der Waals surface area contributed by atoms with Gasteiger partial charge in [-0.25, -0.2) is 18.1 Å². The molecule has 0 unspecified atom stereocenters. The Morgan fingerprint density at radius 1 is 1.23 bits per heavy atom. The molecule has 1 amide bonds. The van der Waals surface area contributed by atoms with Gasteiger partial charge in [-0.2, -0.15) is 5.10 Å². The van der Waals surface area contributed by atoms with Crippen LogP contribution in [0.2, 0.25) is 0 Å². The molecule has 2 aromatic rings. The van der Waals surface area contributed by atoms with Crippen molar-refractivity contribution in [2.45, 2.75) is 49.3 Å². The maximum absolute atomic E-state index is 13.2. The lowest BCUT2D eigenvalue weighted by Gasteiger charge is -2.31. The molecule has 31 heavy (non-hydrogen) atoms. The van der Waals surface area contributed by atoms with Crippen LogP contribution in [-0.2, 0) is 14.8 Å². The molecule has 1 aliphatic heterocycles. The third kappa shape index (κ3) is 4.97. The van der Waals surface area contributed by atoms with Crippen LogP contribution < -0.4 is 4.72 Å². The first kappa shape index (κ1) is 21.9. The Morgan fingerprint density at radius 2 is 1.97 bits per heavy atom. The third-order valence-corrected chi connectivity index (χ3v) is 7.44. The summed E-state index contributed by atoms with van der Waals surface area (Å²) in [4.78, 5) is 19.7. The molecule has 1 aromatic carbocycles. The van der Waals surface area contributed by atoms with Crippen LogP contribution in [0.25, 0.3) is 0 Å². The summed E-state index contributed by atoms with van der Waals surface area (Å²) in [5.41, 5.74) is 1.18. The minimum Gasteiger partial charge on any atom is -0.383 e. The molecule has 1 saturated heterocycles. The van der Waals surface area contributed by atoms with Gasteiger partial charge in [-0.1, -0.05) is 6.07 Å². The van der Waals surface area contributed by atoms with E-state index in [1.807, 2.05) is 6.92 Å². The molecule has 4 rings (SSSR count). The number of ether oxygens (including phenoxy) is 1. The van der Waals surface area contributed by atoms with Crippen molar-refractivity contribution >= 4 is 15.9 Å². The zero-order chi connectivity index (χ0) is 22.0. The molecule has 1 aromatic heterocycles. The number of amides is 1. The van der Waals surface area contributed by atoms with E-state index in [2.05, 4.69) is 19.9 Å². The van der Waals surface area contributed by atoms with Gasteiger partial charge < -0.3 is 9.64 Å². The predicted octanol–water partition coefficient (Wildman–Crippen LogP) is 1.94. The number of likely N-dealkylation sites (tertiary alicyclic amines) is 1. The van der Waals surface area contributed by atoms with Gasteiger partial charge in [-0.3, -0.25) is 9.89 Å². The molecule has 2 heterocycles. The second kappa shape index (κ2) is 9.05. The number of methoxy groups -OCH3 is 1. The average molecular weight is 448 g/mol. The highest BCUT2D eigenvalue weighted by atomic mass is 32.2. The van der Waals surface area contributed by atoms with E-state index in [9.17, 15) is 13.2 Å². The standard InChI is InChI=1S/C21H29N5O4S/c1-14-3-6-17(31(28,29)22-9-12-30-2)13-18(14)21(27)26-10-7-16(8-11-26)20-23-19(24-25-20)15-4-5-15/h3,6,13,15-16,22H,4-5,7-12H2,1-2H3,(H,23,24,25). The van der Waals surface area contributed by atoms with Gasteiger partial charge in [0.15, 0.2) is 5.82 Å². The van der Waals surface area contributed by atoms with Gasteiger partial charge in [0.1, 0.15) is 5.82 Å². The number of sulfonamides is 1. The minimum atomic E-state index is -3.70. The molecule has 2 N–H and O–H groups in total. The summed E-state index contributed by atoms with van der Waals surface area (Å²) < 4.78 is 32.4. The predicted molar refractivity (Wildman–Crippen MR) is 114 cm³/mol. The van der Waals surface area contributed by atoms with Crippen molar-refractivity contribution in [3.05, 3.63) is 41.0 Å². The van der Waals surface area contributed by atoms with Crippen LogP contribution in [0.4, 0.5) is 0 Å². The van der Waals surface area contributed by atoms with Crippen molar-refractivity contribution in [2.24, 2.45) is 0 Å². The van der Waals surface area contributed by atoms with Crippen LogP contribution in [0.5, 0.6) is 0 Å². The Hall–Kier alpha value is -2.30. The summed E-state index contributed by atoms with van der Waals surface area (Å²) >= 11 is 0. The van der Waals surface area contributed by atoms with Gasteiger partial charge in [0, 0.05) is 44.1 Å². The van der Waals surface area contributed by atoms with Crippen molar-refractivity contribution in [3.8, 4) is 0 Å². The number of aryl methyl sites for hydroxylation is 1. The number of carbonyl (C=O) groups is 1. The molecule has 0 bridgehead atoms. The number of H-pyrrole nitrogens is 1. The summed E-state index contributed by atoms with van der Waals surface area (Å²) in [6.07, 6.45) is 3.95. The fourth-order valence-electron chi connectivity index (χ4n) is 3.88. The van der Waals surface area contributed by atoms with E-state index < -0.39 is 10.0 Å². The second-order valence-corrected chi connectivity index (χ2v) is 10.1. The highest BCUT2D eigenvalue weighted by Crippen LogP contribution is 2.38. The van der Waals surface area contributed by atoms with Crippen molar-refractivity contribution in [1.29, 1.82) is 0 Å². The lowest BCUT2D eigenvalue weighted by atomic mass is 9.95. The maximum atomic E-state index is 13.2. The van der Waals surface area contributed by atoms with Crippen LogP contribution >= 0.6 is 0 Å². The summed E-state index contributed by atoms with van der Waals surface area (Å²) in [7, 11) is -2.19. The molecule has 1 aliphatic carbocycles. The lowest BCUT2D eigenvalue weighted by molar-refractivity contribution is 0.0710. The van der Waals surface area contributed by atoms with Crippen molar-refractivity contribution in [1.82, 2.24) is 24.8 Å². The SMILES string of the molecule is COCCNS(=O)(=O)c1ccc(C)c(C(=O)N2CCC(c3nc(C4CC4)n[nH]3)CC2)c1. The molecule has 0 spiro atoms. The number of nitrogens with one attached hydrogen (secondary N) is 2. The first-order chi connectivity index (χ1) is 14.9. The van der Waals surface area contributed by atoms with Gasteiger partial charge in [0.05, 0.1) is 11.5 Å². The molecular formula is C21H29N5O4S. The fraction of sp³-hybridized carbons (Fsp3) is 0.571. The topological polar surface area (TPSA) is 117 Å². The maximum Gasteiger partial charge on any atom is 0.254 e. The van der Waals surface area contributed by atoms with Crippen LogP contribution in [0.1, 0.15) is 65.1 Å². The molecule has 0 atom stereocenters. The monoisotopic (exact) mass is 447 g/mol. The smallest absolute Gasteiger partial charge is 0.254 e. The van der Waals surface area contributed by atoms with Crippen molar-refractivity contribution in [3.63, 3.8) is 0 Å². The molecule has 9 nitrogen and oxygen atoms in total. The van der Waals surface area contributed by atoms with Gasteiger partial charge in [0.25, 0.3) is 5.91 Å². The molecule has 168 valence electrons. The number of rotatable bonds is 8. The molecule has 10 heteroatoms. The second-order valence-electron chi connectivity index (χ2n) is 8.29. The van der Waals surface area contributed by atoms with Crippen LogP contribution in [0, 0.1) is 6.92 Å². The van der Waals surface area contributed by atoms with Gasteiger partial charge in [0.2, 0.25) is 10.0 Å². The highest BCUT2D eigenvalue weighted by Gasteiger charge is 2.31. The molecule has 1 saturated carbocycles. The van der Waals surface area contributed by atoms with Crippen molar-refractivity contribution in [2.75, 3.05) is 33.4 Å². The number of hydrogen-bond donors (Lipinski definition) is 2. The highest BCUT2D eigenvalue weighted by molar-refractivity contribution is 7.89. The van der Waals surface area contributed by atoms with Crippen molar-refractivity contribution < 1.29 is 17.9 Å². The zero-order valence-electron chi connectivity index (χ0n) is 17.9. The average Bonchev–Trinajstić information content (AvgIpc) is 3.50. The number of benzene rings is 1. The number of carbonyl (C=O) groups excluding carboxylic acids is 1. The summed E-state index contributed by atoms with van der Waals surface area (Å²) in [6.45, 7) is 3.48. The number of piperidine rings is 1. The largest absolute Gasteiger partial charge is 0.383 e. The van der Waals surface area contributed by atoms with E-state index in [0.717, 1.165) is 30.1 Å². The van der Waals surface area contributed by atoms with Crippen LogP contribution in [-0.4, -0.2) is 67.8 Å². The molecular weight excluding hydrogens is 418 g/mol. The Balaban J connectivity index is 1.42. The fourth-order valence-corrected chi connectivity index (χ4v) is 4.92. The first-order valence-corrected chi connectivity index (χ1v) is 12.2. The molecule has 2 aliphatic rings. The Bertz CT molecular complexity index is 1040. The lowest BCUT2D eigenvalue weighted by Crippen LogP contribution is -2.38. The summed E-state index contributed by atoms with van der Waals surface area (Å²) in [5, 5.41) is 7.42. The van der Waals surface area contributed by atoms with Gasteiger partial charge in [-0.15, -0.1) is 0 Å². The summed E-state index contributed by atoms with van der Waals surface area (Å²) in [6, 6.07) is 4.67. The molecule has 2 fully saturated rings. The van der Waals surface area contributed by atoms with E-state index in [-0.39, 0.29) is 29.9 Å². The number of aromatic nitrogens is 3. The Labute approximate surface area is 182 Å². The minimum absolute atomic E-state index is 0.0849. The van der Waals surface area contributed by atoms with E-state index in [0.29, 0.717) is 24.6 Å². The number of aromatic amines is 1. The van der Waals surface area contributed by atoms with Gasteiger partial charge in [-0.05, 0) is 50.3 Å². The number of nitrogens with zero attached hydrogens (tertiary/aromatic N) is 3.